The van der Waals surface area contributed by atoms with E-state index in [0.29, 0.717) is 19.6 Å². The molecule has 2 fully saturated rings. The van der Waals surface area contributed by atoms with Crippen molar-refractivity contribution in [3.05, 3.63) is 35.9 Å². The molecule has 29 heavy (non-hydrogen) atoms. The largest absolute Gasteiger partial charge is 0.351 e. The molecule has 1 aromatic rings. The molecular formula is C22H32N4O3. The van der Waals surface area contributed by atoms with Gasteiger partial charge in [0.25, 0.3) is 0 Å². The number of rotatable bonds is 7. The molecule has 7 heteroatoms. The van der Waals surface area contributed by atoms with Crippen LogP contribution in [0.5, 0.6) is 0 Å². The van der Waals surface area contributed by atoms with E-state index in [9.17, 15) is 14.4 Å². The lowest BCUT2D eigenvalue weighted by molar-refractivity contribution is -0.159. The zero-order valence-electron chi connectivity index (χ0n) is 17.2. The maximum Gasteiger partial charge on any atom is 0.313 e. The number of hydrogen-bond acceptors (Lipinski definition) is 4. The first kappa shape index (κ1) is 21.3. The predicted octanol–water partition coefficient (Wildman–Crippen LogP) is 1.58. The molecule has 1 heterocycles. The Kier molecular flexibility index (Phi) is 7.25. The summed E-state index contributed by atoms with van der Waals surface area (Å²) in [5.41, 5.74) is 6.69. The molecule has 0 spiro atoms. The first-order valence-corrected chi connectivity index (χ1v) is 10.7. The van der Waals surface area contributed by atoms with Crippen molar-refractivity contribution in [3.63, 3.8) is 0 Å². The number of unbranched alkanes of at least 4 members (excludes halogenated alkanes) is 1. The van der Waals surface area contributed by atoms with Gasteiger partial charge in [-0.25, -0.2) is 0 Å². The van der Waals surface area contributed by atoms with E-state index in [1.807, 2.05) is 30.3 Å². The number of nitrogens with one attached hydrogen (secondary N) is 1. The topological polar surface area (TPSA) is 95.7 Å². The molecule has 0 aromatic heterocycles. The van der Waals surface area contributed by atoms with E-state index in [1.54, 1.807) is 4.90 Å². The van der Waals surface area contributed by atoms with Crippen LogP contribution in [-0.4, -0.2) is 59.2 Å². The maximum atomic E-state index is 13.2. The van der Waals surface area contributed by atoms with E-state index in [0.717, 1.165) is 44.1 Å². The van der Waals surface area contributed by atoms with E-state index in [1.165, 1.54) is 4.90 Å². The summed E-state index contributed by atoms with van der Waals surface area (Å²) < 4.78 is 0. The molecule has 158 valence electrons. The highest BCUT2D eigenvalue weighted by atomic mass is 16.2. The quantitative estimate of drug-likeness (QED) is 0.680. The number of nitrogens with zero attached hydrogens (tertiary/aromatic N) is 2. The molecule has 2 aliphatic rings. The average molecular weight is 401 g/mol. The van der Waals surface area contributed by atoms with Gasteiger partial charge in [0.15, 0.2) is 0 Å². The zero-order valence-corrected chi connectivity index (χ0v) is 17.2. The van der Waals surface area contributed by atoms with Gasteiger partial charge in [-0.2, -0.15) is 0 Å². The molecule has 3 N–H and O–H groups in total. The predicted molar refractivity (Wildman–Crippen MR) is 111 cm³/mol. The van der Waals surface area contributed by atoms with Crippen LogP contribution in [0.4, 0.5) is 0 Å². The molecular weight excluding hydrogens is 368 g/mol. The van der Waals surface area contributed by atoms with Gasteiger partial charge in [0.05, 0.1) is 0 Å². The van der Waals surface area contributed by atoms with Crippen molar-refractivity contribution >= 4 is 17.7 Å². The van der Waals surface area contributed by atoms with Crippen molar-refractivity contribution in [2.45, 2.75) is 63.6 Å². The Bertz CT molecular complexity index is 716. The van der Waals surface area contributed by atoms with Gasteiger partial charge in [0.2, 0.25) is 5.91 Å². The van der Waals surface area contributed by atoms with E-state index in [2.05, 4.69) is 12.2 Å². The Balaban J connectivity index is 1.76. The summed E-state index contributed by atoms with van der Waals surface area (Å²) in [7, 11) is 0. The smallest absolute Gasteiger partial charge is 0.313 e. The lowest BCUT2D eigenvalue weighted by Gasteiger charge is -2.38. The molecule has 1 saturated heterocycles. The van der Waals surface area contributed by atoms with Gasteiger partial charge >= 0.3 is 11.8 Å². The Morgan fingerprint density at radius 1 is 1.10 bits per heavy atom. The molecule has 3 amide bonds. The lowest BCUT2D eigenvalue weighted by Crippen LogP contribution is -2.58. The lowest BCUT2D eigenvalue weighted by atomic mass is 9.91. The van der Waals surface area contributed by atoms with Crippen LogP contribution in [0.25, 0.3) is 0 Å². The monoisotopic (exact) mass is 400 g/mol. The van der Waals surface area contributed by atoms with Gasteiger partial charge in [-0.1, -0.05) is 43.7 Å². The molecule has 1 aromatic carbocycles. The van der Waals surface area contributed by atoms with Crippen LogP contribution in [0, 0.1) is 0 Å². The second-order valence-electron chi connectivity index (χ2n) is 8.08. The fourth-order valence-electron chi connectivity index (χ4n) is 4.15. The van der Waals surface area contributed by atoms with E-state index in [4.69, 9.17) is 5.73 Å². The number of hydrogen-bond donors (Lipinski definition) is 2. The molecule has 7 nitrogen and oxygen atoms in total. The Hall–Kier alpha value is -2.41. The number of carbonyl (C=O) groups excluding carboxylic acids is 3. The summed E-state index contributed by atoms with van der Waals surface area (Å²) in [6.45, 7) is 3.45. The van der Waals surface area contributed by atoms with Gasteiger partial charge in [-0.3, -0.25) is 14.4 Å². The van der Waals surface area contributed by atoms with Crippen LogP contribution >= 0.6 is 0 Å². The third-order valence-corrected chi connectivity index (χ3v) is 5.92. The van der Waals surface area contributed by atoms with Gasteiger partial charge in [0, 0.05) is 31.7 Å². The molecule has 0 bridgehead atoms. The van der Waals surface area contributed by atoms with Crippen LogP contribution in [0.3, 0.4) is 0 Å². The van der Waals surface area contributed by atoms with Crippen molar-refractivity contribution in [3.8, 4) is 0 Å². The zero-order chi connectivity index (χ0) is 20.8. The molecule has 0 unspecified atom stereocenters. The first-order chi connectivity index (χ1) is 14.0. The number of benzene rings is 1. The van der Waals surface area contributed by atoms with Crippen LogP contribution in [0.15, 0.2) is 30.3 Å². The van der Waals surface area contributed by atoms with Crippen molar-refractivity contribution < 1.29 is 14.4 Å². The standard InChI is InChI=1S/C22H32N4O3/c1-2-3-13-25-14-15-26(22(29)21(25)28)19(16-7-5-4-6-8-16)20(27)24-18-11-9-17(23)10-12-18/h4-8,17-19H,2-3,9-15,23H2,1H3,(H,24,27)/t17?,18?,19-/m1/s1. The van der Waals surface area contributed by atoms with Crippen LogP contribution in [0.1, 0.15) is 57.1 Å². The third-order valence-electron chi connectivity index (χ3n) is 5.92. The van der Waals surface area contributed by atoms with Gasteiger partial charge in [-0.15, -0.1) is 0 Å². The molecule has 1 aliphatic heterocycles. The summed E-state index contributed by atoms with van der Waals surface area (Å²) in [6, 6.07) is 8.70. The highest BCUT2D eigenvalue weighted by Crippen LogP contribution is 2.25. The Morgan fingerprint density at radius 2 is 1.79 bits per heavy atom. The highest BCUT2D eigenvalue weighted by molar-refractivity contribution is 6.35. The number of nitrogens with two attached hydrogens (primary N) is 1. The van der Waals surface area contributed by atoms with Crippen molar-refractivity contribution in [1.29, 1.82) is 0 Å². The Labute approximate surface area is 172 Å². The van der Waals surface area contributed by atoms with Crippen molar-refractivity contribution in [2.24, 2.45) is 5.73 Å². The second-order valence-corrected chi connectivity index (χ2v) is 8.08. The molecule has 1 saturated carbocycles. The van der Waals surface area contributed by atoms with E-state index >= 15 is 0 Å². The second kappa shape index (κ2) is 9.87. The van der Waals surface area contributed by atoms with Gasteiger partial charge in [0.1, 0.15) is 6.04 Å². The SMILES string of the molecule is CCCCN1CCN([C@@H](C(=O)NC2CCC(N)CC2)c2ccccc2)C(=O)C1=O. The summed E-state index contributed by atoms with van der Waals surface area (Å²) in [4.78, 5) is 41.8. The van der Waals surface area contributed by atoms with Crippen LogP contribution in [-0.2, 0) is 14.4 Å². The first-order valence-electron chi connectivity index (χ1n) is 10.7. The molecule has 3 rings (SSSR count). The summed E-state index contributed by atoms with van der Waals surface area (Å²) in [5, 5.41) is 3.10. The van der Waals surface area contributed by atoms with Crippen molar-refractivity contribution in [1.82, 2.24) is 15.1 Å². The van der Waals surface area contributed by atoms with Crippen LogP contribution < -0.4 is 11.1 Å². The molecule has 0 radical (unpaired) electrons. The number of piperazine rings is 1. The van der Waals surface area contributed by atoms with E-state index in [-0.39, 0.29) is 18.0 Å². The maximum absolute atomic E-state index is 13.2. The van der Waals surface area contributed by atoms with Crippen LogP contribution in [0.2, 0.25) is 0 Å². The summed E-state index contributed by atoms with van der Waals surface area (Å²) >= 11 is 0. The normalized spacial score (nSPS) is 23.8. The minimum Gasteiger partial charge on any atom is -0.351 e. The fraction of sp³-hybridized carbons (Fsp3) is 0.591. The van der Waals surface area contributed by atoms with Crippen molar-refractivity contribution in [2.75, 3.05) is 19.6 Å². The minimum absolute atomic E-state index is 0.0603. The number of carbonyl (C=O) groups is 3. The number of amides is 3. The highest BCUT2D eigenvalue weighted by Gasteiger charge is 2.40. The molecule has 1 aliphatic carbocycles. The third kappa shape index (κ3) is 5.15. The van der Waals surface area contributed by atoms with Gasteiger partial charge < -0.3 is 20.9 Å². The minimum atomic E-state index is -0.795. The molecule has 1 atom stereocenters. The summed E-state index contributed by atoms with van der Waals surface area (Å²) in [6.07, 6.45) is 5.27. The summed E-state index contributed by atoms with van der Waals surface area (Å²) in [5.74, 6) is -1.33. The Morgan fingerprint density at radius 3 is 2.45 bits per heavy atom. The average Bonchev–Trinajstić information content (AvgIpc) is 2.73. The van der Waals surface area contributed by atoms with Gasteiger partial charge in [-0.05, 0) is 37.7 Å². The fourth-order valence-corrected chi connectivity index (χ4v) is 4.15. The van der Waals surface area contributed by atoms with E-state index < -0.39 is 17.9 Å².